The van der Waals surface area contributed by atoms with Gasteiger partial charge in [-0.1, -0.05) is 41.0 Å². The minimum Gasteiger partial charge on any atom is -0.374 e. The van der Waals surface area contributed by atoms with Crippen LogP contribution >= 0.6 is 46.3 Å². The number of amides is 2. The van der Waals surface area contributed by atoms with Gasteiger partial charge in [0, 0.05) is 43.7 Å². The monoisotopic (exact) mass is 516 g/mol. The maximum Gasteiger partial charge on any atom is 0.223 e. The number of nitrogens with zero attached hydrogens (tertiary/aromatic N) is 2. The molecule has 0 bridgehead atoms. The van der Waals surface area contributed by atoms with Gasteiger partial charge in [0.05, 0.1) is 34.9 Å². The fourth-order valence-corrected chi connectivity index (χ4v) is 5.44. The SMILES string of the molecule is NC(=O)Cc1csc(SCCCC(=O)NCC2CN(Cc3ccc(Cl)c(Cl)c3)CCO2)n1. The van der Waals surface area contributed by atoms with E-state index in [0.717, 1.165) is 41.7 Å². The van der Waals surface area contributed by atoms with Gasteiger partial charge in [-0.3, -0.25) is 14.5 Å². The molecule has 7 nitrogen and oxygen atoms in total. The molecule has 1 saturated heterocycles. The van der Waals surface area contributed by atoms with Crippen LogP contribution in [0.15, 0.2) is 27.9 Å². The van der Waals surface area contributed by atoms with Crippen LogP contribution in [-0.2, 0) is 27.3 Å². The number of benzene rings is 1. The number of nitrogens with one attached hydrogen (secondary N) is 1. The minimum absolute atomic E-state index is 0.0179. The van der Waals surface area contributed by atoms with Gasteiger partial charge < -0.3 is 15.8 Å². The molecular weight excluding hydrogens is 491 g/mol. The highest BCUT2D eigenvalue weighted by Crippen LogP contribution is 2.24. The summed E-state index contributed by atoms with van der Waals surface area (Å²) in [4.78, 5) is 29.8. The summed E-state index contributed by atoms with van der Waals surface area (Å²) in [5, 5.41) is 5.92. The summed E-state index contributed by atoms with van der Waals surface area (Å²) in [7, 11) is 0. The van der Waals surface area contributed by atoms with Crippen molar-refractivity contribution < 1.29 is 14.3 Å². The molecule has 0 radical (unpaired) electrons. The smallest absolute Gasteiger partial charge is 0.223 e. The summed E-state index contributed by atoms with van der Waals surface area (Å²) in [6, 6.07) is 5.67. The normalized spacial score (nSPS) is 16.8. The van der Waals surface area contributed by atoms with E-state index in [9.17, 15) is 9.59 Å². The molecule has 32 heavy (non-hydrogen) atoms. The fourth-order valence-electron chi connectivity index (χ4n) is 3.27. The Morgan fingerprint density at radius 3 is 2.97 bits per heavy atom. The minimum atomic E-state index is -0.386. The number of carbonyl (C=O) groups excluding carboxylic acids is 2. The number of hydrogen-bond acceptors (Lipinski definition) is 7. The summed E-state index contributed by atoms with van der Waals surface area (Å²) in [6.45, 7) is 3.46. The standard InChI is InChI=1S/C21H26Cl2N4O3S2/c22-17-4-3-14(8-18(17)23)11-27-5-6-30-16(12-27)10-25-20(29)2-1-7-31-21-26-15(13-32-21)9-19(24)28/h3-4,8,13,16H,1-2,5-7,9-12H2,(H2,24,28)(H,25,29). The first-order valence-corrected chi connectivity index (χ1v) is 12.9. The number of primary amides is 1. The Kier molecular flexibility index (Phi) is 10.1. The highest BCUT2D eigenvalue weighted by molar-refractivity contribution is 8.01. The average molecular weight is 518 g/mol. The third-order valence-electron chi connectivity index (χ3n) is 4.80. The molecular formula is C21H26Cl2N4O3S2. The van der Waals surface area contributed by atoms with Crippen molar-refractivity contribution in [3.8, 4) is 0 Å². The Morgan fingerprint density at radius 2 is 2.19 bits per heavy atom. The molecule has 3 N–H and O–H groups in total. The number of thioether (sulfide) groups is 1. The van der Waals surface area contributed by atoms with Crippen LogP contribution in [0.5, 0.6) is 0 Å². The van der Waals surface area contributed by atoms with Crippen molar-refractivity contribution in [3.63, 3.8) is 0 Å². The maximum absolute atomic E-state index is 12.2. The lowest BCUT2D eigenvalue weighted by Gasteiger charge is -2.33. The van der Waals surface area contributed by atoms with Gasteiger partial charge in [0.15, 0.2) is 0 Å². The molecule has 0 spiro atoms. The van der Waals surface area contributed by atoms with Crippen LogP contribution in [0, 0.1) is 0 Å². The third-order valence-corrected chi connectivity index (χ3v) is 7.69. The van der Waals surface area contributed by atoms with Crippen molar-refractivity contribution in [1.82, 2.24) is 15.2 Å². The zero-order valence-electron chi connectivity index (χ0n) is 17.5. The van der Waals surface area contributed by atoms with E-state index in [1.54, 1.807) is 11.8 Å². The maximum atomic E-state index is 12.2. The first kappa shape index (κ1) is 25.3. The van der Waals surface area contributed by atoms with Crippen LogP contribution < -0.4 is 11.1 Å². The van der Waals surface area contributed by atoms with Crippen LogP contribution in [0.25, 0.3) is 0 Å². The van der Waals surface area contributed by atoms with E-state index in [2.05, 4.69) is 15.2 Å². The van der Waals surface area contributed by atoms with Crippen molar-refractivity contribution in [2.24, 2.45) is 5.73 Å². The van der Waals surface area contributed by atoms with Crippen molar-refractivity contribution >= 4 is 58.1 Å². The number of halogens is 2. The molecule has 1 aliphatic rings. The third kappa shape index (κ3) is 8.53. The number of ether oxygens (including phenoxy) is 1. The van der Waals surface area contributed by atoms with Crippen LogP contribution in [0.4, 0.5) is 0 Å². The summed E-state index contributed by atoms with van der Waals surface area (Å²) < 4.78 is 6.69. The Morgan fingerprint density at radius 1 is 1.34 bits per heavy atom. The first-order chi connectivity index (χ1) is 15.4. The van der Waals surface area contributed by atoms with E-state index in [-0.39, 0.29) is 24.3 Å². The lowest BCUT2D eigenvalue weighted by atomic mass is 10.2. The van der Waals surface area contributed by atoms with E-state index in [1.165, 1.54) is 11.3 Å². The van der Waals surface area contributed by atoms with E-state index in [1.807, 2.05) is 23.6 Å². The number of thiazole rings is 1. The van der Waals surface area contributed by atoms with Crippen molar-refractivity contribution in [1.29, 1.82) is 0 Å². The lowest BCUT2D eigenvalue weighted by molar-refractivity contribution is -0.122. The fraction of sp³-hybridized carbons (Fsp3) is 0.476. The molecule has 11 heteroatoms. The Hall–Kier alpha value is -1.36. The van der Waals surface area contributed by atoms with Gasteiger partial charge in [-0.2, -0.15) is 0 Å². The molecule has 174 valence electrons. The number of rotatable bonds is 11. The Balaban J connectivity index is 1.31. The summed E-state index contributed by atoms with van der Waals surface area (Å²) in [6.07, 6.45) is 1.32. The van der Waals surface area contributed by atoms with Gasteiger partial charge in [-0.05, 0) is 24.1 Å². The molecule has 0 aliphatic carbocycles. The molecule has 1 fully saturated rings. The van der Waals surface area contributed by atoms with Crippen molar-refractivity contribution in [3.05, 3.63) is 44.9 Å². The van der Waals surface area contributed by atoms with Crippen molar-refractivity contribution in [2.45, 2.75) is 36.3 Å². The van der Waals surface area contributed by atoms with Gasteiger partial charge >= 0.3 is 0 Å². The molecule has 2 heterocycles. The van der Waals surface area contributed by atoms with Crippen LogP contribution in [0.2, 0.25) is 10.0 Å². The van der Waals surface area contributed by atoms with E-state index >= 15 is 0 Å². The second kappa shape index (κ2) is 12.8. The first-order valence-electron chi connectivity index (χ1n) is 10.3. The predicted octanol–water partition coefficient (Wildman–Crippen LogP) is 3.37. The summed E-state index contributed by atoms with van der Waals surface area (Å²) in [5.74, 6) is 0.418. The van der Waals surface area contributed by atoms with Gasteiger partial charge in [0.2, 0.25) is 11.8 Å². The van der Waals surface area contributed by atoms with Crippen LogP contribution in [0.1, 0.15) is 24.1 Å². The number of aromatic nitrogens is 1. The zero-order valence-corrected chi connectivity index (χ0v) is 20.7. The zero-order chi connectivity index (χ0) is 22.9. The second-order valence-electron chi connectivity index (χ2n) is 7.48. The lowest BCUT2D eigenvalue weighted by Crippen LogP contribution is -2.47. The molecule has 1 aliphatic heterocycles. The molecule has 3 rings (SSSR count). The number of carbonyl (C=O) groups is 2. The van der Waals surface area contributed by atoms with Gasteiger partial charge in [0.25, 0.3) is 0 Å². The van der Waals surface area contributed by atoms with Gasteiger partial charge in [-0.25, -0.2) is 4.98 Å². The highest BCUT2D eigenvalue weighted by atomic mass is 35.5. The Labute approximate surface area is 206 Å². The number of morpholine rings is 1. The summed E-state index contributed by atoms with van der Waals surface area (Å²) >= 11 is 15.2. The second-order valence-corrected chi connectivity index (χ2v) is 10.5. The molecule has 1 aromatic heterocycles. The quantitative estimate of drug-likeness (QED) is 0.351. The predicted molar refractivity (Wildman–Crippen MR) is 129 cm³/mol. The molecule has 0 saturated carbocycles. The largest absolute Gasteiger partial charge is 0.374 e. The number of hydrogen-bond donors (Lipinski definition) is 2. The van der Waals surface area contributed by atoms with Gasteiger partial charge in [-0.15, -0.1) is 11.3 Å². The van der Waals surface area contributed by atoms with E-state index in [0.29, 0.717) is 35.3 Å². The molecule has 1 aromatic carbocycles. The van der Waals surface area contributed by atoms with E-state index < -0.39 is 0 Å². The van der Waals surface area contributed by atoms with Gasteiger partial charge in [0.1, 0.15) is 4.34 Å². The highest BCUT2D eigenvalue weighted by Gasteiger charge is 2.21. The van der Waals surface area contributed by atoms with Crippen LogP contribution in [0.3, 0.4) is 0 Å². The Bertz CT molecular complexity index is 928. The molecule has 2 amide bonds. The molecule has 1 atom stereocenters. The number of nitrogens with two attached hydrogens (primary N) is 1. The molecule has 1 unspecified atom stereocenters. The van der Waals surface area contributed by atoms with E-state index in [4.69, 9.17) is 33.7 Å². The van der Waals surface area contributed by atoms with Crippen molar-refractivity contribution in [2.75, 3.05) is 32.0 Å². The summed E-state index contributed by atoms with van der Waals surface area (Å²) in [5.41, 5.74) is 6.98. The molecule has 2 aromatic rings. The topological polar surface area (TPSA) is 97.5 Å². The average Bonchev–Trinajstić information content (AvgIpc) is 3.19. The van der Waals surface area contributed by atoms with Crippen LogP contribution in [-0.4, -0.2) is 59.8 Å².